The molecule has 2 aromatic rings. The van der Waals surface area contributed by atoms with Gasteiger partial charge in [0.15, 0.2) is 5.96 Å². The maximum atomic E-state index is 10.1. The third kappa shape index (κ3) is 5.13. The third-order valence-electron chi connectivity index (χ3n) is 4.08. The Kier molecular flexibility index (Phi) is 6.88. The number of hydrogen-bond acceptors (Lipinski definition) is 3. The number of aliphatic hydroxyl groups is 1. The van der Waals surface area contributed by atoms with Crippen molar-refractivity contribution in [2.75, 3.05) is 13.1 Å². The lowest BCUT2D eigenvalue weighted by atomic mass is 9.94. The smallest absolute Gasteiger partial charge is 0.191 e. The second kappa shape index (κ2) is 9.13. The van der Waals surface area contributed by atoms with E-state index in [-0.39, 0.29) is 12.6 Å². The highest BCUT2D eigenvalue weighted by atomic mass is 16.4. The Morgan fingerprint density at radius 2 is 1.92 bits per heavy atom. The summed E-state index contributed by atoms with van der Waals surface area (Å²) in [4.78, 5) is 4.47. The molecule has 1 heterocycles. The quantitative estimate of drug-likeness (QED) is 0.539. The number of nitrogens with one attached hydrogen (secondary N) is 2. The van der Waals surface area contributed by atoms with Crippen LogP contribution >= 0.6 is 0 Å². The molecule has 2 rings (SSSR count). The highest BCUT2D eigenvalue weighted by molar-refractivity contribution is 5.80. The van der Waals surface area contributed by atoms with E-state index in [1.807, 2.05) is 13.0 Å². The maximum Gasteiger partial charge on any atom is 0.191 e. The minimum Gasteiger partial charge on any atom is -0.467 e. The largest absolute Gasteiger partial charge is 0.467 e. The summed E-state index contributed by atoms with van der Waals surface area (Å²) in [6.07, 6.45) is 0.812. The fourth-order valence-electron chi connectivity index (χ4n) is 2.45. The van der Waals surface area contributed by atoms with Crippen molar-refractivity contribution in [3.63, 3.8) is 0 Å². The molecular formula is C19H27N3O2. The Bertz CT molecular complexity index is 611. The summed E-state index contributed by atoms with van der Waals surface area (Å²) >= 11 is 0. The molecule has 3 atom stereocenters. The number of rotatable bonds is 7. The van der Waals surface area contributed by atoms with Crippen LogP contribution in [0.4, 0.5) is 0 Å². The molecule has 1 aromatic heterocycles. The first-order chi connectivity index (χ1) is 11.6. The molecule has 0 amide bonds. The molecule has 3 unspecified atom stereocenters. The fourth-order valence-corrected chi connectivity index (χ4v) is 2.45. The zero-order valence-corrected chi connectivity index (χ0v) is 14.6. The van der Waals surface area contributed by atoms with E-state index < -0.39 is 6.10 Å². The van der Waals surface area contributed by atoms with Crippen LogP contribution in [0.5, 0.6) is 0 Å². The van der Waals surface area contributed by atoms with Gasteiger partial charge in [-0.2, -0.15) is 0 Å². The highest BCUT2D eigenvalue weighted by Gasteiger charge is 2.16. The number of aliphatic imine (C=N–C) groups is 1. The summed E-state index contributed by atoms with van der Waals surface area (Å²) in [7, 11) is 0. The molecule has 0 bridgehead atoms. The molecule has 3 N–H and O–H groups in total. The second-order valence-electron chi connectivity index (χ2n) is 5.88. The molecule has 0 aliphatic heterocycles. The molecule has 0 saturated heterocycles. The van der Waals surface area contributed by atoms with Crippen molar-refractivity contribution in [2.45, 2.75) is 38.8 Å². The van der Waals surface area contributed by atoms with Crippen molar-refractivity contribution in [1.29, 1.82) is 0 Å². The second-order valence-corrected chi connectivity index (χ2v) is 5.88. The van der Waals surface area contributed by atoms with Crippen LogP contribution in [-0.4, -0.2) is 30.2 Å². The van der Waals surface area contributed by atoms with E-state index in [2.05, 4.69) is 53.7 Å². The Morgan fingerprint density at radius 3 is 2.54 bits per heavy atom. The van der Waals surface area contributed by atoms with E-state index in [1.54, 1.807) is 18.4 Å². The molecule has 0 spiro atoms. The van der Waals surface area contributed by atoms with Gasteiger partial charge in [-0.05, 0) is 31.5 Å². The monoisotopic (exact) mass is 329 g/mol. The SMILES string of the molecule is CCNC(=NCC(O)c1ccco1)NC(C)C(C)c1ccccc1. The zero-order chi connectivity index (χ0) is 17.4. The Hall–Kier alpha value is -2.27. The van der Waals surface area contributed by atoms with Crippen LogP contribution in [-0.2, 0) is 0 Å². The topological polar surface area (TPSA) is 69.8 Å². The Balaban J connectivity index is 1.97. The summed E-state index contributed by atoms with van der Waals surface area (Å²) in [5, 5.41) is 16.7. The van der Waals surface area contributed by atoms with Crippen LogP contribution in [0.2, 0.25) is 0 Å². The van der Waals surface area contributed by atoms with Crippen LogP contribution in [0.25, 0.3) is 0 Å². The maximum absolute atomic E-state index is 10.1. The first-order valence-corrected chi connectivity index (χ1v) is 8.43. The molecule has 0 aliphatic carbocycles. The van der Waals surface area contributed by atoms with Gasteiger partial charge in [0.1, 0.15) is 11.9 Å². The first-order valence-electron chi connectivity index (χ1n) is 8.43. The predicted octanol–water partition coefficient (Wildman–Crippen LogP) is 3.06. The van der Waals surface area contributed by atoms with Crippen LogP contribution in [0.15, 0.2) is 58.1 Å². The summed E-state index contributed by atoms with van der Waals surface area (Å²) in [5.41, 5.74) is 1.28. The molecule has 0 aliphatic rings. The molecule has 130 valence electrons. The van der Waals surface area contributed by atoms with Crippen molar-refractivity contribution in [1.82, 2.24) is 10.6 Å². The van der Waals surface area contributed by atoms with E-state index in [9.17, 15) is 5.11 Å². The number of benzene rings is 1. The third-order valence-corrected chi connectivity index (χ3v) is 4.08. The lowest BCUT2D eigenvalue weighted by Gasteiger charge is -2.24. The van der Waals surface area contributed by atoms with Gasteiger partial charge in [-0.15, -0.1) is 0 Å². The van der Waals surface area contributed by atoms with E-state index in [4.69, 9.17) is 4.42 Å². The average molecular weight is 329 g/mol. The Labute approximate surface area is 143 Å². The molecule has 0 saturated carbocycles. The lowest BCUT2D eigenvalue weighted by Crippen LogP contribution is -2.44. The van der Waals surface area contributed by atoms with Crippen molar-refractivity contribution < 1.29 is 9.52 Å². The van der Waals surface area contributed by atoms with Gasteiger partial charge < -0.3 is 20.2 Å². The van der Waals surface area contributed by atoms with E-state index in [0.717, 1.165) is 6.54 Å². The molecule has 0 radical (unpaired) electrons. The van der Waals surface area contributed by atoms with Crippen molar-refractivity contribution in [3.8, 4) is 0 Å². The van der Waals surface area contributed by atoms with Gasteiger partial charge in [0.05, 0.1) is 12.8 Å². The van der Waals surface area contributed by atoms with Crippen molar-refractivity contribution in [3.05, 3.63) is 60.1 Å². The first kappa shape index (κ1) is 18.1. The van der Waals surface area contributed by atoms with Gasteiger partial charge >= 0.3 is 0 Å². The summed E-state index contributed by atoms with van der Waals surface area (Å²) in [6, 6.07) is 14.1. The number of guanidine groups is 1. The standard InChI is InChI=1S/C19H27N3O2/c1-4-20-19(21-13-17(23)18-11-8-12-24-18)22-15(3)14(2)16-9-6-5-7-10-16/h5-12,14-15,17,23H,4,13H2,1-3H3,(H2,20,21,22). The van der Waals surface area contributed by atoms with Crippen molar-refractivity contribution >= 4 is 5.96 Å². The minimum atomic E-state index is -0.739. The Morgan fingerprint density at radius 1 is 1.17 bits per heavy atom. The average Bonchev–Trinajstić information content (AvgIpc) is 3.14. The van der Waals surface area contributed by atoms with Crippen LogP contribution < -0.4 is 10.6 Å². The predicted molar refractivity (Wildman–Crippen MR) is 97.1 cm³/mol. The normalized spacial score (nSPS) is 15.6. The van der Waals surface area contributed by atoms with Crippen LogP contribution in [0.1, 0.15) is 44.1 Å². The lowest BCUT2D eigenvalue weighted by molar-refractivity contribution is 0.158. The molecule has 0 fully saturated rings. The summed E-state index contributed by atoms with van der Waals surface area (Å²) in [6.45, 7) is 7.34. The molecule has 5 nitrogen and oxygen atoms in total. The van der Waals surface area contributed by atoms with E-state index in [0.29, 0.717) is 17.6 Å². The molecule has 24 heavy (non-hydrogen) atoms. The highest BCUT2D eigenvalue weighted by Crippen LogP contribution is 2.18. The van der Waals surface area contributed by atoms with Gasteiger partial charge in [0, 0.05) is 18.5 Å². The van der Waals surface area contributed by atoms with E-state index >= 15 is 0 Å². The number of hydrogen-bond donors (Lipinski definition) is 3. The van der Waals surface area contributed by atoms with Gasteiger partial charge in [0.25, 0.3) is 0 Å². The molecule has 5 heteroatoms. The number of aliphatic hydroxyl groups excluding tert-OH is 1. The van der Waals surface area contributed by atoms with Crippen LogP contribution in [0, 0.1) is 0 Å². The fraction of sp³-hybridized carbons (Fsp3) is 0.421. The minimum absolute atomic E-state index is 0.200. The molecular weight excluding hydrogens is 302 g/mol. The van der Waals surface area contributed by atoms with E-state index in [1.165, 1.54) is 5.56 Å². The molecule has 1 aromatic carbocycles. The summed E-state index contributed by atoms with van der Waals surface area (Å²) in [5.74, 6) is 1.56. The van der Waals surface area contributed by atoms with Crippen molar-refractivity contribution in [2.24, 2.45) is 4.99 Å². The number of nitrogens with zero attached hydrogens (tertiary/aromatic N) is 1. The van der Waals surface area contributed by atoms with Gasteiger partial charge in [0.2, 0.25) is 0 Å². The zero-order valence-electron chi connectivity index (χ0n) is 14.6. The van der Waals surface area contributed by atoms with Gasteiger partial charge in [-0.3, -0.25) is 4.99 Å². The summed E-state index contributed by atoms with van der Waals surface area (Å²) < 4.78 is 5.20. The number of furan rings is 1. The van der Waals surface area contributed by atoms with Gasteiger partial charge in [-0.1, -0.05) is 37.3 Å². The van der Waals surface area contributed by atoms with Gasteiger partial charge in [-0.25, -0.2) is 0 Å². The van der Waals surface area contributed by atoms with Crippen LogP contribution in [0.3, 0.4) is 0 Å².